The van der Waals surface area contributed by atoms with Gasteiger partial charge < -0.3 is 10.3 Å². The summed E-state index contributed by atoms with van der Waals surface area (Å²) in [6.45, 7) is 0.470. The lowest BCUT2D eigenvalue weighted by Crippen LogP contribution is -1.96. The number of nitrogens with zero attached hydrogens (tertiary/aromatic N) is 2. The van der Waals surface area contributed by atoms with Gasteiger partial charge in [-0.1, -0.05) is 17.7 Å². The minimum atomic E-state index is -0.445. The molecule has 5 heteroatoms. The van der Waals surface area contributed by atoms with Gasteiger partial charge in [-0.05, 0) is 35.9 Å². The number of rotatable bonds is 2. The van der Waals surface area contributed by atoms with E-state index in [-0.39, 0.29) is 5.02 Å². The third-order valence-corrected chi connectivity index (χ3v) is 3.67. The Bertz CT molecular complexity index is 795. The molecule has 2 aromatic carbocycles. The topological polar surface area (TPSA) is 43.8 Å². The van der Waals surface area contributed by atoms with Gasteiger partial charge in [0.1, 0.15) is 11.6 Å². The van der Waals surface area contributed by atoms with Gasteiger partial charge in [0, 0.05) is 19.2 Å². The lowest BCUT2D eigenvalue weighted by atomic mass is 10.2. The number of imidazole rings is 1. The van der Waals surface area contributed by atoms with Gasteiger partial charge in [-0.25, -0.2) is 9.37 Å². The van der Waals surface area contributed by atoms with Crippen molar-refractivity contribution in [2.75, 3.05) is 0 Å². The van der Waals surface area contributed by atoms with Crippen LogP contribution in [0.2, 0.25) is 5.02 Å². The van der Waals surface area contributed by atoms with Gasteiger partial charge in [-0.15, -0.1) is 0 Å². The average molecular weight is 290 g/mol. The predicted octanol–water partition coefficient (Wildman–Crippen LogP) is 3.49. The van der Waals surface area contributed by atoms with Crippen LogP contribution in [0.25, 0.3) is 22.4 Å². The minimum absolute atomic E-state index is 0.109. The van der Waals surface area contributed by atoms with Crippen LogP contribution in [0, 0.1) is 5.82 Å². The Morgan fingerprint density at radius 3 is 2.75 bits per heavy atom. The Morgan fingerprint density at radius 2 is 2.05 bits per heavy atom. The lowest BCUT2D eigenvalue weighted by molar-refractivity contribution is 0.628. The second-order valence-corrected chi connectivity index (χ2v) is 5.06. The third kappa shape index (κ3) is 2.07. The first-order valence-electron chi connectivity index (χ1n) is 6.21. The van der Waals surface area contributed by atoms with Crippen LogP contribution in [0.5, 0.6) is 0 Å². The van der Waals surface area contributed by atoms with Crippen molar-refractivity contribution in [2.45, 2.75) is 6.54 Å². The van der Waals surface area contributed by atoms with Gasteiger partial charge in [0.15, 0.2) is 0 Å². The van der Waals surface area contributed by atoms with E-state index in [1.54, 1.807) is 6.07 Å². The normalized spacial score (nSPS) is 11.2. The number of nitrogens with two attached hydrogens (primary N) is 1. The summed E-state index contributed by atoms with van der Waals surface area (Å²) in [4.78, 5) is 4.56. The average Bonchev–Trinajstić information content (AvgIpc) is 2.78. The van der Waals surface area contributed by atoms with Crippen LogP contribution in [-0.2, 0) is 13.6 Å². The van der Waals surface area contributed by atoms with Crippen molar-refractivity contribution in [3.05, 3.63) is 52.8 Å². The summed E-state index contributed by atoms with van der Waals surface area (Å²) in [5.74, 6) is 0.253. The SMILES string of the molecule is Cn1c(-c2ccc(Cl)c(F)c2)nc2cc(CN)ccc21. The van der Waals surface area contributed by atoms with Gasteiger partial charge in [0.25, 0.3) is 0 Å². The standard InChI is InChI=1S/C15H13ClFN3/c1-20-14-5-2-9(8-18)6-13(14)19-15(20)10-3-4-11(16)12(17)7-10/h2-7H,8,18H2,1H3. The van der Waals surface area contributed by atoms with E-state index >= 15 is 0 Å². The number of benzene rings is 2. The Morgan fingerprint density at radius 1 is 1.25 bits per heavy atom. The summed E-state index contributed by atoms with van der Waals surface area (Å²) in [5.41, 5.74) is 9.17. The summed E-state index contributed by atoms with van der Waals surface area (Å²) >= 11 is 5.71. The maximum atomic E-state index is 13.6. The molecule has 0 amide bonds. The number of hydrogen-bond donors (Lipinski definition) is 1. The highest BCUT2D eigenvalue weighted by Crippen LogP contribution is 2.27. The zero-order chi connectivity index (χ0) is 14.3. The van der Waals surface area contributed by atoms with Crippen LogP contribution in [0.1, 0.15) is 5.56 Å². The molecule has 0 saturated carbocycles. The van der Waals surface area contributed by atoms with E-state index in [0.717, 1.165) is 16.6 Å². The molecule has 3 aromatic rings. The quantitative estimate of drug-likeness (QED) is 0.785. The summed E-state index contributed by atoms with van der Waals surface area (Å²) in [7, 11) is 1.90. The molecule has 1 heterocycles. The Balaban J connectivity index is 2.20. The molecule has 0 spiro atoms. The van der Waals surface area contributed by atoms with Crippen LogP contribution < -0.4 is 5.73 Å². The van der Waals surface area contributed by atoms with E-state index in [2.05, 4.69) is 4.98 Å². The smallest absolute Gasteiger partial charge is 0.142 e. The number of aromatic nitrogens is 2. The highest BCUT2D eigenvalue weighted by molar-refractivity contribution is 6.30. The Labute approximate surface area is 120 Å². The second-order valence-electron chi connectivity index (χ2n) is 4.65. The highest BCUT2D eigenvalue weighted by atomic mass is 35.5. The molecular weight excluding hydrogens is 277 g/mol. The molecule has 20 heavy (non-hydrogen) atoms. The molecule has 0 aliphatic rings. The van der Waals surface area contributed by atoms with Crippen molar-refractivity contribution in [3.63, 3.8) is 0 Å². The molecule has 0 saturated heterocycles. The van der Waals surface area contributed by atoms with Gasteiger partial charge in [-0.3, -0.25) is 0 Å². The third-order valence-electron chi connectivity index (χ3n) is 3.36. The largest absolute Gasteiger partial charge is 0.327 e. The fourth-order valence-corrected chi connectivity index (χ4v) is 2.38. The molecule has 0 aliphatic heterocycles. The molecule has 102 valence electrons. The minimum Gasteiger partial charge on any atom is -0.327 e. The van der Waals surface area contributed by atoms with E-state index in [9.17, 15) is 4.39 Å². The molecule has 2 N–H and O–H groups in total. The second kappa shape index (κ2) is 4.89. The van der Waals surface area contributed by atoms with Crippen LogP contribution >= 0.6 is 11.6 Å². The molecule has 1 aromatic heterocycles. The van der Waals surface area contributed by atoms with Crippen molar-refractivity contribution in [3.8, 4) is 11.4 Å². The van der Waals surface area contributed by atoms with Gasteiger partial charge >= 0.3 is 0 Å². The number of hydrogen-bond acceptors (Lipinski definition) is 2. The molecule has 3 nitrogen and oxygen atoms in total. The van der Waals surface area contributed by atoms with Crippen LogP contribution in [0.4, 0.5) is 4.39 Å². The van der Waals surface area contributed by atoms with Gasteiger partial charge in [0.2, 0.25) is 0 Å². The van der Waals surface area contributed by atoms with Crippen molar-refractivity contribution >= 4 is 22.6 Å². The van der Waals surface area contributed by atoms with Gasteiger partial charge in [0.05, 0.1) is 16.1 Å². The molecule has 0 aliphatic carbocycles. The molecule has 0 bridgehead atoms. The van der Waals surface area contributed by atoms with Crippen LogP contribution in [-0.4, -0.2) is 9.55 Å². The molecule has 0 unspecified atom stereocenters. The summed E-state index contributed by atoms with van der Waals surface area (Å²) in [6.07, 6.45) is 0. The molecule has 3 rings (SSSR count). The van der Waals surface area contributed by atoms with Crippen LogP contribution in [0.15, 0.2) is 36.4 Å². The molecular formula is C15H13ClFN3. The van der Waals surface area contributed by atoms with E-state index < -0.39 is 5.82 Å². The molecule has 0 fully saturated rings. The summed E-state index contributed by atoms with van der Waals surface area (Å²) < 4.78 is 15.5. The van der Waals surface area contributed by atoms with Crippen molar-refractivity contribution in [1.29, 1.82) is 0 Å². The number of fused-ring (bicyclic) bond motifs is 1. The van der Waals surface area contributed by atoms with E-state index in [1.165, 1.54) is 12.1 Å². The monoisotopic (exact) mass is 289 g/mol. The zero-order valence-corrected chi connectivity index (χ0v) is 11.7. The number of aryl methyl sites for hydroxylation is 1. The van der Waals surface area contributed by atoms with E-state index in [0.29, 0.717) is 17.9 Å². The maximum Gasteiger partial charge on any atom is 0.142 e. The summed E-state index contributed by atoms with van der Waals surface area (Å²) in [5, 5.41) is 0.109. The molecule has 0 atom stereocenters. The number of halogens is 2. The first-order valence-corrected chi connectivity index (χ1v) is 6.59. The first kappa shape index (κ1) is 13.1. The van der Waals surface area contributed by atoms with Crippen LogP contribution in [0.3, 0.4) is 0 Å². The predicted molar refractivity (Wildman–Crippen MR) is 79.0 cm³/mol. The maximum absolute atomic E-state index is 13.6. The Hall–Kier alpha value is -1.91. The van der Waals surface area contributed by atoms with E-state index in [1.807, 2.05) is 29.8 Å². The first-order chi connectivity index (χ1) is 9.60. The zero-order valence-electron chi connectivity index (χ0n) is 10.9. The fourth-order valence-electron chi connectivity index (χ4n) is 2.27. The molecule has 0 radical (unpaired) electrons. The summed E-state index contributed by atoms with van der Waals surface area (Å²) in [6, 6.07) is 10.6. The fraction of sp³-hybridized carbons (Fsp3) is 0.133. The van der Waals surface area contributed by atoms with E-state index in [4.69, 9.17) is 17.3 Å². The van der Waals surface area contributed by atoms with Crippen molar-refractivity contribution in [2.24, 2.45) is 12.8 Å². The highest BCUT2D eigenvalue weighted by Gasteiger charge is 2.11. The Kier molecular flexibility index (Phi) is 3.20. The van der Waals surface area contributed by atoms with Crippen molar-refractivity contribution in [1.82, 2.24) is 9.55 Å². The lowest BCUT2D eigenvalue weighted by Gasteiger charge is -2.03. The van der Waals surface area contributed by atoms with Crippen molar-refractivity contribution < 1.29 is 4.39 Å². The van der Waals surface area contributed by atoms with Gasteiger partial charge in [-0.2, -0.15) is 0 Å².